The zero-order chi connectivity index (χ0) is 28.5. The molecule has 212 valence electrons. The number of esters is 1. The Morgan fingerprint density at radius 3 is 2.64 bits per heavy atom. The molecule has 4 aliphatic carbocycles. The van der Waals surface area contributed by atoms with Crippen molar-refractivity contribution in [2.75, 3.05) is 6.61 Å². The number of aryl methyl sites for hydroxylation is 1. The van der Waals surface area contributed by atoms with E-state index in [0.717, 1.165) is 35.8 Å². The Morgan fingerprint density at radius 2 is 1.97 bits per heavy atom. The van der Waals surface area contributed by atoms with Crippen LogP contribution in [-0.4, -0.2) is 54.5 Å². The van der Waals surface area contributed by atoms with Gasteiger partial charge in [-0.2, -0.15) is 0 Å². The number of sulfonamides is 1. The van der Waals surface area contributed by atoms with E-state index < -0.39 is 50.9 Å². The van der Waals surface area contributed by atoms with E-state index in [1.165, 1.54) is 0 Å². The molecule has 3 fully saturated rings. The van der Waals surface area contributed by atoms with E-state index in [-0.39, 0.29) is 46.2 Å². The van der Waals surface area contributed by atoms with E-state index in [9.17, 15) is 33.0 Å². The van der Waals surface area contributed by atoms with Crippen molar-refractivity contribution >= 4 is 38.9 Å². The lowest BCUT2D eigenvalue weighted by Gasteiger charge is -2.59. The third-order valence-corrected chi connectivity index (χ3v) is 12.8. The Hall–Kier alpha value is -2.18. The molecule has 39 heavy (non-hydrogen) atoms. The number of carbonyl (C=O) groups excluding carboxylic acids is 3. The summed E-state index contributed by atoms with van der Waals surface area (Å²) in [6, 6.07) is 1.16. The number of ether oxygens (including phenoxy) is 1. The molecule has 3 saturated carbocycles. The number of rotatable bonds is 6. The van der Waals surface area contributed by atoms with Crippen LogP contribution in [0.2, 0.25) is 0 Å². The number of ketones is 2. The van der Waals surface area contributed by atoms with Crippen LogP contribution in [0.25, 0.3) is 0 Å². The normalized spacial score (nSPS) is 37.5. The molecule has 4 N–H and O–H groups in total. The maximum Gasteiger partial charge on any atom is 0.339 e. The predicted molar refractivity (Wildman–Crippen MR) is 143 cm³/mol. The summed E-state index contributed by atoms with van der Waals surface area (Å²) in [6.45, 7) is 5.01. The van der Waals surface area contributed by atoms with Crippen molar-refractivity contribution in [2.24, 2.45) is 33.7 Å². The van der Waals surface area contributed by atoms with E-state index in [1.54, 1.807) is 19.1 Å². The molecule has 1 heterocycles. The quantitative estimate of drug-likeness (QED) is 0.435. The SMILES string of the molecule is CCc1sc(S(N)(=O)=O)cc1C(=O)OCC(=O)[C@@]1(O)CC[C@H]2[C@@H]3CCC4=CC(=O)C=C[C@]4(C)[C@H]3[C@@H](O)C[C@@]21C. The molecule has 9 nitrogen and oxygen atoms in total. The van der Waals surface area contributed by atoms with Gasteiger partial charge in [-0.25, -0.2) is 18.4 Å². The first-order valence-corrected chi connectivity index (χ1v) is 15.7. The molecule has 0 saturated heterocycles. The molecule has 1 aromatic heterocycles. The monoisotopic (exact) mass is 577 g/mol. The van der Waals surface area contributed by atoms with E-state index in [4.69, 9.17) is 9.88 Å². The number of thiophene rings is 1. The van der Waals surface area contributed by atoms with E-state index >= 15 is 0 Å². The van der Waals surface area contributed by atoms with E-state index in [0.29, 0.717) is 17.7 Å². The average Bonchev–Trinajstić information content (AvgIpc) is 3.42. The minimum absolute atomic E-state index is 0.0270. The predicted octanol–water partition coefficient (Wildman–Crippen LogP) is 2.69. The first-order chi connectivity index (χ1) is 18.2. The Morgan fingerprint density at radius 1 is 1.26 bits per heavy atom. The van der Waals surface area contributed by atoms with Gasteiger partial charge in [0.15, 0.2) is 12.4 Å². The summed E-state index contributed by atoms with van der Waals surface area (Å²) in [4.78, 5) is 38.8. The highest BCUT2D eigenvalue weighted by Crippen LogP contribution is 2.67. The number of hydrogen-bond acceptors (Lipinski definition) is 9. The fourth-order valence-electron chi connectivity index (χ4n) is 8.10. The van der Waals surface area contributed by atoms with Crippen LogP contribution in [0.5, 0.6) is 0 Å². The Bertz CT molecular complexity index is 1410. The molecule has 4 aliphatic rings. The Labute approximate surface area is 232 Å². The summed E-state index contributed by atoms with van der Waals surface area (Å²) < 4.78 is 28.6. The van der Waals surface area contributed by atoms with Crippen LogP contribution in [0.3, 0.4) is 0 Å². The molecular formula is C28H35NO8S2. The number of aliphatic hydroxyl groups excluding tert-OH is 1. The van der Waals surface area contributed by atoms with Crippen molar-refractivity contribution in [1.82, 2.24) is 0 Å². The van der Waals surface area contributed by atoms with Gasteiger partial charge in [-0.3, -0.25) is 9.59 Å². The number of allylic oxidation sites excluding steroid dienone is 4. The van der Waals surface area contributed by atoms with Crippen LogP contribution in [-0.2, 0) is 30.8 Å². The van der Waals surface area contributed by atoms with Crippen molar-refractivity contribution in [3.05, 3.63) is 40.3 Å². The van der Waals surface area contributed by atoms with Crippen LogP contribution < -0.4 is 5.14 Å². The van der Waals surface area contributed by atoms with Crippen LogP contribution in [0, 0.1) is 28.6 Å². The van der Waals surface area contributed by atoms with Gasteiger partial charge in [-0.1, -0.05) is 32.4 Å². The molecule has 0 amide bonds. The van der Waals surface area contributed by atoms with Gasteiger partial charge >= 0.3 is 5.97 Å². The highest BCUT2D eigenvalue weighted by Gasteiger charge is 2.68. The van der Waals surface area contributed by atoms with Gasteiger partial charge in [0.25, 0.3) is 0 Å². The second-order valence-corrected chi connectivity index (χ2v) is 14.8. The first-order valence-electron chi connectivity index (χ1n) is 13.4. The van der Waals surface area contributed by atoms with Gasteiger partial charge in [-0.15, -0.1) is 11.3 Å². The van der Waals surface area contributed by atoms with Gasteiger partial charge in [0.2, 0.25) is 15.8 Å². The molecule has 11 heteroatoms. The minimum Gasteiger partial charge on any atom is -0.454 e. The van der Waals surface area contributed by atoms with Crippen molar-refractivity contribution in [1.29, 1.82) is 0 Å². The van der Waals surface area contributed by atoms with Gasteiger partial charge in [0, 0.05) is 21.6 Å². The smallest absolute Gasteiger partial charge is 0.339 e. The van der Waals surface area contributed by atoms with Crippen molar-refractivity contribution in [2.45, 2.75) is 75.2 Å². The van der Waals surface area contributed by atoms with Gasteiger partial charge in [0.05, 0.1) is 11.7 Å². The first kappa shape index (κ1) is 28.4. The van der Waals surface area contributed by atoms with Crippen LogP contribution in [0.1, 0.15) is 68.1 Å². The molecule has 5 rings (SSSR count). The number of aliphatic hydroxyl groups is 2. The molecule has 1 aromatic rings. The van der Waals surface area contributed by atoms with Crippen molar-refractivity contribution in [3.63, 3.8) is 0 Å². The van der Waals surface area contributed by atoms with Crippen LogP contribution >= 0.6 is 11.3 Å². The van der Waals surface area contributed by atoms with Gasteiger partial charge in [0.1, 0.15) is 9.81 Å². The molecule has 0 aromatic carbocycles. The van der Waals surface area contributed by atoms with E-state index in [1.807, 2.05) is 13.0 Å². The maximum atomic E-state index is 13.5. The number of carbonyl (C=O) groups is 3. The molecular weight excluding hydrogens is 542 g/mol. The molecule has 7 atom stereocenters. The van der Waals surface area contributed by atoms with Crippen molar-refractivity contribution in [3.8, 4) is 0 Å². The highest BCUT2D eigenvalue weighted by molar-refractivity contribution is 7.91. The number of hydrogen-bond donors (Lipinski definition) is 3. The van der Waals surface area contributed by atoms with Crippen LogP contribution in [0.4, 0.5) is 0 Å². The largest absolute Gasteiger partial charge is 0.454 e. The number of nitrogens with two attached hydrogens (primary N) is 1. The maximum absolute atomic E-state index is 13.5. The molecule has 0 unspecified atom stereocenters. The minimum atomic E-state index is -4.00. The summed E-state index contributed by atoms with van der Waals surface area (Å²) in [5.74, 6) is -1.62. The lowest BCUT2D eigenvalue weighted by atomic mass is 9.46. The lowest BCUT2D eigenvalue weighted by molar-refractivity contribution is -0.178. The van der Waals surface area contributed by atoms with Crippen LogP contribution in [0.15, 0.2) is 34.1 Å². The average molecular weight is 578 g/mol. The van der Waals surface area contributed by atoms with E-state index in [2.05, 4.69) is 6.92 Å². The summed E-state index contributed by atoms with van der Waals surface area (Å²) >= 11 is 0.883. The summed E-state index contributed by atoms with van der Waals surface area (Å²) in [6.07, 6.45) is 7.23. The fourth-order valence-corrected chi connectivity index (χ4v) is 9.96. The highest BCUT2D eigenvalue weighted by atomic mass is 32.2. The topological polar surface area (TPSA) is 161 Å². The summed E-state index contributed by atoms with van der Waals surface area (Å²) in [5, 5.41) is 28.5. The third-order valence-electron chi connectivity index (χ3n) is 10.1. The van der Waals surface area contributed by atoms with Crippen molar-refractivity contribution < 1.29 is 37.8 Å². The number of Topliss-reactive ketones (excluding diaryl/α,β-unsaturated/α-hetero) is 1. The standard InChI is InChI=1S/C28H35NO8S2/c1-4-21-18(12-23(38-21)39(29,35)36)25(33)37-14-22(32)28(34)10-8-19-17-6-5-15-11-16(30)7-9-26(15,2)24(17)20(31)13-27(19,28)3/h7,9,11-12,17,19-20,24,31,34H,4-6,8,10,13-14H2,1-3H3,(H2,29,35,36)/t17-,19-,20-,24+,26-,27-,28-/m0/s1. The second kappa shape index (κ2) is 9.44. The summed E-state index contributed by atoms with van der Waals surface area (Å²) in [7, 11) is -4.00. The lowest BCUT2D eigenvalue weighted by Crippen LogP contribution is -2.61. The van der Waals surface area contributed by atoms with Gasteiger partial charge in [-0.05, 0) is 68.6 Å². The number of fused-ring (bicyclic) bond motifs is 5. The molecule has 0 aliphatic heterocycles. The Balaban J connectivity index is 1.35. The molecule has 0 bridgehead atoms. The third kappa shape index (κ3) is 4.28. The molecule has 0 spiro atoms. The van der Waals surface area contributed by atoms with Gasteiger partial charge < -0.3 is 14.9 Å². The second-order valence-electron chi connectivity index (χ2n) is 11.9. The Kier molecular flexibility index (Phi) is 6.86. The fraction of sp³-hybridized carbons (Fsp3) is 0.607. The zero-order valence-electron chi connectivity index (χ0n) is 22.3. The molecule has 0 radical (unpaired) electrons. The zero-order valence-corrected chi connectivity index (χ0v) is 23.9. The summed E-state index contributed by atoms with van der Waals surface area (Å²) in [5.41, 5.74) is -2.09. The number of primary sulfonamides is 1.